The molecule has 7 heteroatoms. The largest absolute Gasteiger partial charge is 0.452 e. The number of methoxy groups -OCH3 is 1. The van der Waals surface area contributed by atoms with Crippen LogP contribution in [-0.2, 0) is 9.57 Å². The molecule has 1 unspecified atom stereocenters. The number of anilines is 1. The van der Waals surface area contributed by atoms with Crippen molar-refractivity contribution in [2.24, 2.45) is 5.16 Å². The molecule has 0 heterocycles. The van der Waals surface area contributed by atoms with Crippen LogP contribution in [0.5, 0.6) is 0 Å². The number of carbonyl (C=O) groups is 2. The second kappa shape index (κ2) is 8.75. The van der Waals surface area contributed by atoms with Gasteiger partial charge in [-0.15, -0.1) is 0 Å². The fraction of sp³-hybridized carbons (Fsp3) is 0.211. The lowest BCUT2D eigenvalue weighted by atomic mass is 10.1. The molecule has 0 radical (unpaired) electrons. The van der Waals surface area contributed by atoms with E-state index in [1.54, 1.807) is 38.2 Å². The summed E-state index contributed by atoms with van der Waals surface area (Å²) >= 11 is 0. The highest BCUT2D eigenvalue weighted by molar-refractivity contribution is 6.35. The van der Waals surface area contributed by atoms with Gasteiger partial charge in [0.15, 0.2) is 6.10 Å². The zero-order valence-electron chi connectivity index (χ0n) is 14.7. The Kier molecular flexibility index (Phi) is 6.43. The van der Waals surface area contributed by atoms with E-state index in [2.05, 4.69) is 5.16 Å². The number of hydrogen-bond acceptors (Lipinski definition) is 5. The third-order valence-electron chi connectivity index (χ3n) is 3.70. The number of halogens is 1. The number of ether oxygens (including phenoxy) is 1. The summed E-state index contributed by atoms with van der Waals surface area (Å²) in [6.45, 7) is 1.74. The van der Waals surface area contributed by atoms with Crippen LogP contribution in [0.2, 0.25) is 0 Å². The number of amides is 1. The highest BCUT2D eigenvalue weighted by Crippen LogP contribution is 2.28. The maximum atomic E-state index is 12.9. The van der Waals surface area contributed by atoms with Gasteiger partial charge in [-0.25, -0.2) is 9.18 Å². The number of para-hydroxylation sites is 1. The van der Waals surface area contributed by atoms with Crippen molar-refractivity contribution in [3.63, 3.8) is 0 Å². The molecule has 0 saturated carbocycles. The first-order valence-electron chi connectivity index (χ1n) is 7.83. The summed E-state index contributed by atoms with van der Waals surface area (Å²) in [5, 5.41) is 3.71. The van der Waals surface area contributed by atoms with Crippen molar-refractivity contribution in [2.45, 2.75) is 13.0 Å². The maximum Gasteiger partial charge on any atom is 0.413 e. The molecule has 0 N–H and O–H groups in total. The number of ketones is 1. The second-order valence-electron chi connectivity index (χ2n) is 5.44. The monoisotopic (exact) mass is 358 g/mol. The minimum absolute atomic E-state index is 0.303. The van der Waals surface area contributed by atoms with E-state index in [1.165, 1.54) is 36.3 Å². The predicted molar refractivity (Wildman–Crippen MR) is 96.0 cm³/mol. The minimum Gasteiger partial charge on any atom is -0.452 e. The van der Waals surface area contributed by atoms with Crippen LogP contribution in [0.15, 0.2) is 53.7 Å². The van der Waals surface area contributed by atoms with Crippen LogP contribution in [0.1, 0.15) is 28.9 Å². The minimum atomic E-state index is -0.518. The van der Waals surface area contributed by atoms with Gasteiger partial charge in [0.2, 0.25) is 5.78 Å². The Bertz CT molecular complexity index is 805. The van der Waals surface area contributed by atoms with Crippen molar-refractivity contribution in [2.75, 3.05) is 19.1 Å². The van der Waals surface area contributed by atoms with Crippen molar-refractivity contribution in [1.82, 2.24) is 0 Å². The Morgan fingerprint density at radius 2 is 1.81 bits per heavy atom. The van der Waals surface area contributed by atoms with Gasteiger partial charge in [0.25, 0.3) is 0 Å². The number of Topliss-reactive ketones (excluding diaryl/α,β-unsaturated/α-hetero) is 1. The Labute approximate surface area is 150 Å². The summed E-state index contributed by atoms with van der Waals surface area (Å²) in [4.78, 5) is 30.4. The average Bonchev–Trinajstić information content (AvgIpc) is 2.67. The third kappa shape index (κ3) is 4.66. The highest BCUT2D eigenvalue weighted by Gasteiger charge is 2.18. The van der Waals surface area contributed by atoms with Gasteiger partial charge in [0, 0.05) is 18.2 Å². The zero-order valence-corrected chi connectivity index (χ0v) is 14.7. The number of oxime groups is 1. The van der Waals surface area contributed by atoms with Crippen LogP contribution in [-0.4, -0.2) is 32.2 Å². The van der Waals surface area contributed by atoms with Crippen LogP contribution in [0.3, 0.4) is 0 Å². The fourth-order valence-corrected chi connectivity index (χ4v) is 2.29. The Balaban J connectivity index is 2.08. The molecule has 2 rings (SSSR count). The molecule has 1 amide bonds. The van der Waals surface area contributed by atoms with E-state index in [9.17, 15) is 14.0 Å². The number of hydrogen-bond donors (Lipinski definition) is 0. The van der Waals surface area contributed by atoms with Gasteiger partial charge >= 0.3 is 6.09 Å². The standard InChI is InChI=1S/C19H19FN2O4/c1-13(16-6-4-5-7-17(16)22(2)19(24)25-3)26-21-12-18(23)14-8-10-15(20)11-9-14/h4-13H,1-3H3/b21-12+. The van der Waals surface area contributed by atoms with Crippen molar-refractivity contribution in [3.05, 3.63) is 65.5 Å². The van der Waals surface area contributed by atoms with E-state index in [4.69, 9.17) is 9.57 Å². The van der Waals surface area contributed by atoms with Crippen LogP contribution in [0.25, 0.3) is 0 Å². The van der Waals surface area contributed by atoms with E-state index in [0.717, 1.165) is 6.21 Å². The van der Waals surface area contributed by atoms with Gasteiger partial charge in [-0.05, 0) is 37.3 Å². The molecule has 0 saturated heterocycles. The lowest BCUT2D eigenvalue weighted by Gasteiger charge is -2.21. The number of benzene rings is 2. The first-order chi connectivity index (χ1) is 12.4. The summed E-state index contributed by atoms with van der Waals surface area (Å²) in [6.07, 6.45) is -0.00803. The highest BCUT2D eigenvalue weighted by atomic mass is 19.1. The molecule has 0 aromatic heterocycles. The molecule has 26 heavy (non-hydrogen) atoms. The molecule has 0 aliphatic heterocycles. The molecule has 136 valence electrons. The third-order valence-corrected chi connectivity index (χ3v) is 3.70. The van der Waals surface area contributed by atoms with Gasteiger partial charge in [0.05, 0.1) is 12.8 Å². The van der Waals surface area contributed by atoms with Crippen molar-refractivity contribution in [3.8, 4) is 0 Å². The number of carbonyl (C=O) groups excluding carboxylic acids is 2. The Morgan fingerprint density at radius 3 is 2.46 bits per heavy atom. The van der Waals surface area contributed by atoms with Crippen LogP contribution in [0.4, 0.5) is 14.9 Å². The molecular weight excluding hydrogens is 339 g/mol. The molecule has 6 nitrogen and oxygen atoms in total. The molecule has 0 bridgehead atoms. The lowest BCUT2D eigenvalue weighted by molar-refractivity contribution is 0.0726. The molecule has 0 fully saturated rings. The smallest absolute Gasteiger partial charge is 0.413 e. The van der Waals surface area contributed by atoms with Gasteiger partial charge in [-0.3, -0.25) is 9.69 Å². The van der Waals surface area contributed by atoms with Gasteiger partial charge in [-0.1, -0.05) is 23.4 Å². The van der Waals surface area contributed by atoms with Crippen LogP contribution < -0.4 is 4.90 Å². The zero-order chi connectivity index (χ0) is 19.1. The van der Waals surface area contributed by atoms with E-state index in [0.29, 0.717) is 16.8 Å². The van der Waals surface area contributed by atoms with E-state index < -0.39 is 23.8 Å². The van der Waals surface area contributed by atoms with Gasteiger partial charge in [-0.2, -0.15) is 0 Å². The molecular formula is C19H19FN2O4. The molecule has 2 aromatic carbocycles. The van der Waals surface area contributed by atoms with Crippen molar-refractivity contribution >= 4 is 23.8 Å². The van der Waals surface area contributed by atoms with Crippen molar-refractivity contribution in [1.29, 1.82) is 0 Å². The summed E-state index contributed by atoms with van der Waals surface area (Å²) in [5.74, 6) is -0.827. The van der Waals surface area contributed by atoms with Crippen LogP contribution in [0, 0.1) is 5.82 Å². The lowest BCUT2D eigenvalue weighted by Crippen LogP contribution is -2.27. The summed E-state index contributed by atoms with van der Waals surface area (Å²) < 4.78 is 17.6. The summed E-state index contributed by atoms with van der Waals surface area (Å²) in [6, 6.07) is 12.3. The van der Waals surface area contributed by atoms with E-state index in [1.807, 2.05) is 0 Å². The molecule has 0 aliphatic rings. The maximum absolute atomic E-state index is 12.9. The Morgan fingerprint density at radius 1 is 1.15 bits per heavy atom. The Hall–Kier alpha value is -3.22. The predicted octanol–water partition coefficient (Wildman–Crippen LogP) is 3.97. The molecule has 0 aliphatic carbocycles. The average molecular weight is 358 g/mol. The van der Waals surface area contributed by atoms with Gasteiger partial charge in [0.1, 0.15) is 12.0 Å². The number of rotatable bonds is 6. The fourth-order valence-electron chi connectivity index (χ4n) is 2.29. The first kappa shape index (κ1) is 19.1. The van der Waals surface area contributed by atoms with Crippen LogP contribution >= 0.6 is 0 Å². The SMILES string of the molecule is COC(=O)N(C)c1ccccc1C(C)O/N=C/C(=O)c1ccc(F)cc1. The molecule has 2 aromatic rings. The quantitative estimate of drug-likeness (QED) is 0.445. The summed E-state index contributed by atoms with van der Waals surface area (Å²) in [7, 11) is 2.88. The topological polar surface area (TPSA) is 68.2 Å². The molecule has 0 spiro atoms. The van der Waals surface area contributed by atoms with Crippen molar-refractivity contribution < 1.29 is 23.6 Å². The normalized spacial score (nSPS) is 11.8. The first-order valence-corrected chi connectivity index (χ1v) is 7.83. The van der Waals surface area contributed by atoms with E-state index in [-0.39, 0.29) is 0 Å². The second-order valence-corrected chi connectivity index (χ2v) is 5.44. The molecule has 1 atom stereocenters. The number of nitrogens with zero attached hydrogens (tertiary/aromatic N) is 2. The van der Waals surface area contributed by atoms with Gasteiger partial charge < -0.3 is 9.57 Å². The van der Waals surface area contributed by atoms with E-state index >= 15 is 0 Å². The summed E-state index contributed by atoms with van der Waals surface area (Å²) in [5.41, 5.74) is 1.61.